The molecule has 0 atom stereocenters. The second-order valence-electron chi connectivity index (χ2n) is 7.01. The predicted molar refractivity (Wildman–Crippen MR) is 130 cm³/mol. The van der Waals surface area contributed by atoms with Gasteiger partial charge in [-0.25, -0.2) is 0 Å². The second kappa shape index (κ2) is 10.9. The lowest BCUT2D eigenvalue weighted by atomic mass is 10.1. The van der Waals surface area contributed by atoms with Crippen molar-refractivity contribution >= 4 is 57.6 Å². The topological polar surface area (TPSA) is 105 Å². The molecule has 1 saturated heterocycles. The molecule has 2 amide bonds. The molecule has 0 bridgehead atoms. The molecule has 10 heteroatoms. The number of thioether (sulfide) groups is 1. The fraction of sp³-hybridized carbons (Fsp3) is 0.227. The Morgan fingerprint density at radius 1 is 1.19 bits per heavy atom. The number of benzene rings is 2. The lowest BCUT2D eigenvalue weighted by molar-refractivity contribution is -0.384. The van der Waals surface area contributed by atoms with Crippen LogP contribution in [0, 0.1) is 10.1 Å². The van der Waals surface area contributed by atoms with Crippen molar-refractivity contribution in [3.8, 4) is 0 Å². The van der Waals surface area contributed by atoms with E-state index < -0.39 is 4.92 Å². The van der Waals surface area contributed by atoms with Crippen molar-refractivity contribution in [3.05, 3.63) is 74.7 Å². The average molecular weight is 471 g/mol. The zero-order valence-corrected chi connectivity index (χ0v) is 19.0. The smallest absolute Gasteiger partial charge is 0.269 e. The highest BCUT2D eigenvalue weighted by atomic mass is 32.2. The monoisotopic (exact) mass is 470 g/mol. The number of rotatable bonds is 9. The summed E-state index contributed by atoms with van der Waals surface area (Å²) in [5.41, 5.74) is 7.91. The zero-order chi connectivity index (χ0) is 23.1. The van der Waals surface area contributed by atoms with Crippen molar-refractivity contribution < 1.29 is 14.5 Å². The minimum Gasteiger partial charge on any atom is -0.299 e. The van der Waals surface area contributed by atoms with Crippen molar-refractivity contribution in [1.82, 2.24) is 10.3 Å². The molecule has 0 unspecified atom stereocenters. The first kappa shape index (κ1) is 23.4. The van der Waals surface area contributed by atoms with Crippen LogP contribution < -0.4 is 10.9 Å². The number of anilines is 1. The fourth-order valence-electron chi connectivity index (χ4n) is 2.96. The molecule has 32 heavy (non-hydrogen) atoms. The summed E-state index contributed by atoms with van der Waals surface area (Å²) < 4.78 is 0.482. The van der Waals surface area contributed by atoms with Gasteiger partial charge >= 0.3 is 0 Å². The first-order valence-corrected chi connectivity index (χ1v) is 11.2. The first-order chi connectivity index (χ1) is 15.4. The van der Waals surface area contributed by atoms with E-state index in [0.29, 0.717) is 27.9 Å². The number of non-ortho nitro benzene ring substituents is 1. The summed E-state index contributed by atoms with van der Waals surface area (Å²) in [5.74, 6) is -0.413. The van der Waals surface area contributed by atoms with Crippen molar-refractivity contribution in [1.29, 1.82) is 0 Å². The van der Waals surface area contributed by atoms with E-state index in [4.69, 9.17) is 12.2 Å². The molecule has 2 N–H and O–H groups in total. The molecule has 1 aliphatic rings. The summed E-state index contributed by atoms with van der Waals surface area (Å²) in [7, 11) is 0. The molecule has 2 aromatic rings. The molecule has 2 aromatic carbocycles. The van der Waals surface area contributed by atoms with Crippen LogP contribution in [-0.4, -0.2) is 32.5 Å². The molecule has 1 heterocycles. The van der Waals surface area contributed by atoms with Crippen molar-refractivity contribution in [3.63, 3.8) is 0 Å². The van der Waals surface area contributed by atoms with Gasteiger partial charge < -0.3 is 0 Å². The van der Waals surface area contributed by atoms with E-state index in [-0.39, 0.29) is 23.9 Å². The zero-order valence-electron chi connectivity index (χ0n) is 17.4. The number of hydrazine groups is 1. The predicted octanol–water partition coefficient (Wildman–Crippen LogP) is 4.28. The molecule has 0 aliphatic carbocycles. The van der Waals surface area contributed by atoms with Crippen LogP contribution in [0.4, 0.5) is 11.4 Å². The number of thiocarbonyl (C=S) groups is 1. The van der Waals surface area contributed by atoms with Gasteiger partial charge in [-0.3, -0.25) is 35.5 Å². The Hall–Kier alpha value is -3.24. The Bertz CT molecular complexity index is 1050. The van der Waals surface area contributed by atoms with Gasteiger partial charge in [0, 0.05) is 25.1 Å². The number of nitrogens with zero attached hydrogens (tertiary/aromatic N) is 2. The van der Waals surface area contributed by atoms with Gasteiger partial charge in [0.05, 0.1) is 15.5 Å². The number of hydrogen-bond acceptors (Lipinski definition) is 7. The van der Waals surface area contributed by atoms with Crippen LogP contribution in [0.15, 0.2) is 53.4 Å². The minimum absolute atomic E-state index is 0.0302. The molecule has 0 spiro atoms. The number of carbonyl (C=O) groups is 2. The van der Waals surface area contributed by atoms with E-state index in [1.54, 1.807) is 0 Å². The summed E-state index contributed by atoms with van der Waals surface area (Å²) in [6, 6.07) is 13.7. The van der Waals surface area contributed by atoms with E-state index in [1.165, 1.54) is 46.5 Å². The van der Waals surface area contributed by atoms with Crippen LogP contribution in [0.5, 0.6) is 0 Å². The van der Waals surface area contributed by atoms with Gasteiger partial charge in [0.15, 0.2) is 0 Å². The maximum absolute atomic E-state index is 12.7. The van der Waals surface area contributed by atoms with Crippen LogP contribution >= 0.6 is 24.0 Å². The fourth-order valence-corrected chi connectivity index (χ4v) is 4.27. The summed E-state index contributed by atoms with van der Waals surface area (Å²) >= 11 is 6.60. The Balaban J connectivity index is 1.46. The number of nitro groups is 1. The molecule has 166 valence electrons. The molecule has 0 saturated carbocycles. The largest absolute Gasteiger partial charge is 0.299 e. The Kier molecular flexibility index (Phi) is 7.96. The Labute approximate surface area is 195 Å². The molecule has 0 aromatic heterocycles. The van der Waals surface area contributed by atoms with Crippen LogP contribution in [0.2, 0.25) is 0 Å². The normalized spacial score (nSPS) is 14.7. The van der Waals surface area contributed by atoms with Crippen molar-refractivity contribution in [2.75, 3.05) is 12.0 Å². The van der Waals surface area contributed by atoms with Crippen LogP contribution in [0.3, 0.4) is 0 Å². The van der Waals surface area contributed by atoms with Gasteiger partial charge in [-0.05, 0) is 42.2 Å². The van der Waals surface area contributed by atoms with Gasteiger partial charge in [-0.15, -0.1) is 0 Å². The number of nitro benzene ring substituents is 1. The van der Waals surface area contributed by atoms with Gasteiger partial charge in [0.25, 0.3) is 11.6 Å². The van der Waals surface area contributed by atoms with E-state index in [0.717, 1.165) is 12.0 Å². The highest BCUT2D eigenvalue weighted by Crippen LogP contribution is 2.32. The Morgan fingerprint density at radius 2 is 1.88 bits per heavy atom. The Morgan fingerprint density at radius 3 is 2.50 bits per heavy atom. The van der Waals surface area contributed by atoms with Crippen LogP contribution in [-0.2, 0) is 16.0 Å². The van der Waals surface area contributed by atoms with Crippen LogP contribution in [0.1, 0.15) is 30.9 Å². The van der Waals surface area contributed by atoms with Gasteiger partial charge in [0.1, 0.15) is 4.32 Å². The minimum atomic E-state index is -0.493. The van der Waals surface area contributed by atoms with E-state index >= 15 is 0 Å². The second-order valence-corrected chi connectivity index (χ2v) is 8.68. The molecule has 3 rings (SSSR count). The maximum atomic E-state index is 12.7. The number of hydrogen-bond donors (Lipinski definition) is 2. The van der Waals surface area contributed by atoms with E-state index in [9.17, 15) is 19.7 Å². The molecule has 1 fully saturated rings. The van der Waals surface area contributed by atoms with Gasteiger partial charge in [0.2, 0.25) is 5.91 Å². The lowest BCUT2D eigenvalue weighted by Crippen LogP contribution is -2.32. The van der Waals surface area contributed by atoms with Gasteiger partial charge in [-0.1, -0.05) is 55.2 Å². The third-order valence-electron chi connectivity index (χ3n) is 4.77. The molecule has 1 aliphatic heterocycles. The summed E-state index contributed by atoms with van der Waals surface area (Å²) in [4.78, 5) is 37.0. The summed E-state index contributed by atoms with van der Waals surface area (Å²) in [5, 5.41) is 10.7. The summed E-state index contributed by atoms with van der Waals surface area (Å²) in [6.07, 6.45) is 3.42. The number of carbonyl (C=O) groups excluding carboxylic acids is 2. The summed E-state index contributed by atoms with van der Waals surface area (Å²) in [6.45, 7) is 2.44. The first-order valence-electron chi connectivity index (χ1n) is 10.0. The molecular formula is C22H22N4O4S2. The number of nitrogens with one attached hydrogen (secondary N) is 2. The van der Waals surface area contributed by atoms with E-state index in [1.807, 2.05) is 30.3 Å². The quantitative estimate of drug-likeness (QED) is 0.244. The SMILES string of the molecule is CCc1ccc(C=C2SC(=S)N(CCCC(=O)NNc3ccc([N+](=O)[O-])cc3)C2=O)cc1. The lowest BCUT2D eigenvalue weighted by Gasteiger charge is -2.14. The maximum Gasteiger partial charge on any atom is 0.269 e. The highest BCUT2D eigenvalue weighted by molar-refractivity contribution is 8.26. The standard InChI is InChI=1S/C22H22N4O4S2/c1-2-15-5-7-16(8-6-15)14-19-21(28)25(22(31)32-19)13-3-4-20(27)24-23-17-9-11-18(12-10-17)26(29)30/h5-12,14,23H,2-4,13H2,1H3,(H,24,27). The van der Waals surface area contributed by atoms with E-state index in [2.05, 4.69) is 17.8 Å². The molecule has 8 nitrogen and oxygen atoms in total. The number of aryl methyl sites for hydroxylation is 1. The average Bonchev–Trinajstić information content (AvgIpc) is 3.05. The third kappa shape index (κ3) is 6.14. The number of amides is 2. The van der Waals surface area contributed by atoms with Crippen LogP contribution in [0.25, 0.3) is 6.08 Å². The molecular weight excluding hydrogens is 448 g/mol. The van der Waals surface area contributed by atoms with Crippen molar-refractivity contribution in [2.45, 2.75) is 26.2 Å². The van der Waals surface area contributed by atoms with Crippen molar-refractivity contribution in [2.24, 2.45) is 0 Å². The molecule has 0 radical (unpaired) electrons. The highest BCUT2D eigenvalue weighted by Gasteiger charge is 2.31. The van der Waals surface area contributed by atoms with Gasteiger partial charge in [-0.2, -0.15) is 0 Å². The third-order valence-corrected chi connectivity index (χ3v) is 6.15.